The van der Waals surface area contributed by atoms with E-state index in [-0.39, 0.29) is 23.4 Å². The molecule has 2 atom stereocenters. The van der Waals surface area contributed by atoms with Gasteiger partial charge in [0.15, 0.2) is 5.75 Å². The van der Waals surface area contributed by atoms with Crippen molar-refractivity contribution in [3.05, 3.63) is 33.9 Å². The number of nitrogens with one attached hydrogen (secondary N) is 2. The summed E-state index contributed by atoms with van der Waals surface area (Å²) in [6.07, 6.45) is 4.21. The third-order valence-corrected chi connectivity index (χ3v) is 4.45. The number of amides is 1. The predicted molar refractivity (Wildman–Crippen MR) is 80.1 cm³/mol. The monoisotopic (exact) mass is 305 g/mol. The molecule has 0 radical (unpaired) electrons. The van der Waals surface area contributed by atoms with E-state index in [0.29, 0.717) is 17.6 Å². The molecule has 2 saturated heterocycles. The highest BCUT2D eigenvalue weighted by molar-refractivity contribution is 5.95. The van der Waals surface area contributed by atoms with Crippen molar-refractivity contribution in [3.63, 3.8) is 0 Å². The fourth-order valence-corrected chi connectivity index (χ4v) is 3.41. The number of nitro benzene ring substituents is 1. The number of hydrogen-bond donors (Lipinski definition) is 2. The molecule has 1 aromatic carbocycles. The first-order valence-electron chi connectivity index (χ1n) is 7.46. The first kappa shape index (κ1) is 14.8. The maximum Gasteiger partial charge on any atom is 0.310 e. The Labute approximate surface area is 128 Å². The molecule has 22 heavy (non-hydrogen) atoms. The predicted octanol–water partition coefficient (Wildman–Crippen LogP) is 1.62. The summed E-state index contributed by atoms with van der Waals surface area (Å²) in [5.41, 5.74) is 0.243. The number of rotatable bonds is 4. The molecule has 3 rings (SSSR count). The second kappa shape index (κ2) is 5.92. The number of carbonyl (C=O) groups is 1. The Morgan fingerprint density at radius 3 is 2.64 bits per heavy atom. The summed E-state index contributed by atoms with van der Waals surface area (Å²) >= 11 is 0. The molecular weight excluding hydrogens is 286 g/mol. The molecule has 0 saturated carbocycles. The van der Waals surface area contributed by atoms with Crippen LogP contribution in [0.15, 0.2) is 18.2 Å². The first-order valence-corrected chi connectivity index (χ1v) is 7.46. The highest BCUT2D eigenvalue weighted by atomic mass is 16.6. The molecule has 2 bridgehead atoms. The molecule has 2 fully saturated rings. The van der Waals surface area contributed by atoms with Gasteiger partial charge in [-0.25, -0.2) is 0 Å². The summed E-state index contributed by atoms with van der Waals surface area (Å²) < 4.78 is 5.00. The maximum absolute atomic E-state index is 12.3. The van der Waals surface area contributed by atoms with Crippen LogP contribution in [0.5, 0.6) is 5.75 Å². The van der Waals surface area contributed by atoms with Crippen LogP contribution in [0.1, 0.15) is 36.0 Å². The Morgan fingerprint density at radius 2 is 2.05 bits per heavy atom. The highest BCUT2D eigenvalue weighted by Crippen LogP contribution is 2.29. The largest absolute Gasteiger partial charge is 0.490 e. The van der Waals surface area contributed by atoms with E-state index in [2.05, 4.69) is 10.6 Å². The molecule has 7 heteroatoms. The van der Waals surface area contributed by atoms with Crippen LogP contribution in [0.4, 0.5) is 5.69 Å². The summed E-state index contributed by atoms with van der Waals surface area (Å²) in [6, 6.07) is 5.34. The maximum atomic E-state index is 12.3. The van der Waals surface area contributed by atoms with E-state index in [1.165, 1.54) is 38.2 Å². The summed E-state index contributed by atoms with van der Waals surface area (Å²) in [7, 11) is 1.36. The Bertz CT molecular complexity index is 592. The number of fused-ring (bicyclic) bond motifs is 2. The topological polar surface area (TPSA) is 93.5 Å². The van der Waals surface area contributed by atoms with E-state index >= 15 is 0 Å². The molecule has 7 nitrogen and oxygen atoms in total. The Balaban J connectivity index is 1.71. The van der Waals surface area contributed by atoms with Crippen LogP contribution in [-0.2, 0) is 0 Å². The minimum absolute atomic E-state index is 0.100. The minimum atomic E-state index is -0.523. The van der Waals surface area contributed by atoms with E-state index in [4.69, 9.17) is 4.74 Å². The van der Waals surface area contributed by atoms with Crippen molar-refractivity contribution in [1.82, 2.24) is 10.6 Å². The third-order valence-electron chi connectivity index (χ3n) is 4.45. The zero-order chi connectivity index (χ0) is 15.7. The van der Waals surface area contributed by atoms with Crippen molar-refractivity contribution < 1.29 is 14.5 Å². The molecule has 2 aliphatic rings. The molecule has 118 valence electrons. The smallest absolute Gasteiger partial charge is 0.310 e. The Hall–Kier alpha value is -2.15. The van der Waals surface area contributed by atoms with Crippen molar-refractivity contribution in [2.45, 2.75) is 43.8 Å². The van der Waals surface area contributed by atoms with Crippen molar-refractivity contribution in [2.24, 2.45) is 0 Å². The highest BCUT2D eigenvalue weighted by Gasteiger charge is 2.34. The lowest BCUT2D eigenvalue weighted by molar-refractivity contribution is -0.385. The molecule has 2 heterocycles. The van der Waals surface area contributed by atoms with Crippen molar-refractivity contribution in [3.8, 4) is 5.75 Å². The van der Waals surface area contributed by atoms with Gasteiger partial charge in [-0.05, 0) is 31.7 Å². The van der Waals surface area contributed by atoms with Gasteiger partial charge in [0.25, 0.3) is 5.91 Å². The van der Waals surface area contributed by atoms with Crippen LogP contribution >= 0.6 is 0 Å². The van der Waals surface area contributed by atoms with Crippen LogP contribution in [0.2, 0.25) is 0 Å². The van der Waals surface area contributed by atoms with Gasteiger partial charge < -0.3 is 15.4 Å². The third kappa shape index (κ3) is 2.89. The van der Waals surface area contributed by atoms with E-state index in [1.807, 2.05) is 0 Å². The average Bonchev–Trinajstić information content (AvgIpc) is 2.85. The summed E-state index contributed by atoms with van der Waals surface area (Å²) in [5, 5.41) is 17.4. The summed E-state index contributed by atoms with van der Waals surface area (Å²) in [6.45, 7) is 0. The van der Waals surface area contributed by atoms with Crippen LogP contribution in [-0.4, -0.2) is 36.1 Å². The van der Waals surface area contributed by atoms with E-state index < -0.39 is 4.92 Å². The molecule has 0 aromatic heterocycles. The lowest BCUT2D eigenvalue weighted by atomic mass is 9.99. The molecule has 2 N–H and O–H groups in total. The number of piperidine rings is 1. The number of carbonyl (C=O) groups excluding carboxylic acids is 1. The van der Waals surface area contributed by atoms with Gasteiger partial charge >= 0.3 is 5.69 Å². The lowest BCUT2D eigenvalue weighted by Gasteiger charge is -2.29. The normalized spacial score (nSPS) is 26.5. The van der Waals surface area contributed by atoms with Crippen LogP contribution in [0, 0.1) is 10.1 Å². The second-order valence-electron chi connectivity index (χ2n) is 5.92. The zero-order valence-corrected chi connectivity index (χ0v) is 12.4. The molecule has 0 spiro atoms. The van der Waals surface area contributed by atoms with Crippen LogP contribution < -0.4 is 15.4 Å². The quantitative estimate of drug-likeness (QED) is 0.651. The van der Waals surface area contributed by atoms with E-state index in [1.54, 1.807) is 0 Å². The van der Waals surface area contributed by atoms with Gasteiger partial charge in [-0.15, -0.1) is 0 Å². The van der Waals surface area contributed by atoms with Gasteiger partial charge in [0.2, 0.25) is 0 Å². The molecule has 1 amide bonds. The molecule has 1 aromatic rings. The summed E-state index contributed by atoms with van der Waals surface area (Å²) in [4.78, 5) is 22.7. The van der Waals surface area contributed by atoms with Crippen molar-refractivity contribution >= 4 is 11.6 Å². The van der Waals surface area contributed by atoms with Crippen LogP contribution in [0.3, 0.4) is 0 Å². The summed E-state index contributed by atoms with van der Waals surface area (Å²) in [5.74, 6) is -0.109. The zero-order valence-electron chi connectivity index (χ0n) is 12.4. The molecule has 0 aliphatic carbocycles. The molecule has 2 unspecified atom stereocenters. The number of hydrogen-bond acceptors (Lipinski definition) is 5. The SMILES string of the molecule is COc1cc(C(=O)NC2CC3CCC(C2)N3)ccc1[N+](=O)[O-]. The number of benzene rings is 1. The Morgan fingerprint density at radius 1 is 1.36 bits per heavy atom. The fraction of sp³-hybridized carbons (Fsp3) is 0.533. The molecule has 2 aliphatic heterocycles. The molecular formula is C15H19N3O4. The van der Waals surface area contributed by atoms with Gasteiger partial charge in [0, 0.05) is 35.8 Å². The van der Waals surface area contributed by atoms with Crippen molar-refractivity contribution in [1.29, 1.82) is 0 Å². The van der Waals surface area contributed by atoms with Crippen molar-refractivity contribution in [2.75, 3.05) is 7.11 Å². The van der Waals surface area contributed by atoms with Gasteiger partial charge in [0.1, 0.15) is 0 Å². The average molecular weight is 305 g/mol. The number of nitro groups is 1. The Kier molecular flexibility index (Phi) is 3.98. The lowest BCUT2D eigenvalue weighted by Crippen LogP contribution is -2.48. The van der Waals surface area contributed by atoms with Crippen LogP contribution in [0.25, 0.3) is 0 Å². The standard InChI is InChI=1S/C15H19N3O4/c1-22-14-6-9(2-5-13(14)18(20)21)15(19)17-12-7-10-3-4-11(8-12)16-10/h2,5-6,10-12,16H,3-4,7-8H2,1H3,(H,17,19). The van der Waals surface area contributed by atoms with Gasteiger partial charge in [-0.3, -0.25) is 14.9 Å². The van der Waals surface area contributed by atoms with Gasteiger partial charge in [-0.2, -0.15) is 0 Å². The van der Waals surface area contributed by atoms with E-state index in [0.717, 1.165) is 12.8 Å². The van der Waals surface area contributed by atoms with E-state index in [9.17, 15) is 14.9 Å². The fourth-order valence-electron chi connectivity index (χ4n) is 3.41. The van der Waals surface area contributed by atoms with Gasteiger partial charge in [0.05, 0.1) is 12.0 Å². The number of nitrogens with zero attached hydrogens (tertiary/aromatic N) is 1. The minimum Gasteiger partial charge on any atom is -0.490 e. The van der Waals surface area contributed by atoms with Gasteiger partial charge in [-0.1, -0.05) is 0 Å². The number of methoxy groups -OCH3 is 1. The first-order chi connectivity index (χ1) is 10.6. The number of ether oxygens (including phenoxy) is 1. The second-order valence-corrected chi connectivity index (χ2v) is 5.92.